The van der Waals surface area contributed by atoms with Gasteiger partial charge in [0, 0.05) is 40.6 Å². The summed E-state index contributed by atoms with van der Waals surface area (Å²) in [4.78, 5) is 55.9. The molecule has 0 saturated carbocycles. The number of nitrogens with zero attached hydrogens (tertiary/aromatic N) is 4. The Morgan fingerprint density at radius 3 is 2.41 bits per heavy atom. The van der Waals surface area contributed by atoms with Gasteiger partial charge in [-0.3, -0.25) is 23.5 Å². The Morgan fingerprint density at radius 2 is 1.84 bits per heavy atom. The number of esters is 1. The average Bonchev–Trinajstić information content (AvgIpc) is 3.01. The molecule has 0 saturated heterocycles. The summed E-state index contributed by atoms with van der Waals surface area (Å²) in [5.41, 5.74) is 5.06. The second-order valence-corrected chi connectivity index (χ2v) is 7.60. The first kappa shape index (κ1) is 25.4. The molecule has 2 heterocycles. The predicted molar refractivity (Wildman–Crippen MR) is 117 cm³/mol. The van der Waals surface area contributed by atoms with E-state index in [9.17, 15) is 19.2 Å². The van der Waals surface area contributed by atoms with Crippen molar-refractivity contribution in [2.45, 2.75) is 65.8 Å². The number of hydrogen-bond donors (Lipinski definition) is 1. The van der Waals surface area contributed by atoms with Crippen LogP contribution in [0.1, 0.15) is 47.0 Å². The maximum absolute atomic E-state index is 13.3. The predicted octanol–water partition coefficient (Wildman–Crippen LogP) is 0.0522. The highest BCUT2D eigenvalue weighted by Crippen LogP contribution is 2.35. The van der Waals surface area contributed by atoms with Crippen molar-refractivity contribution in [1.82, 2.24) is 9.13 Å². The van der Waals surface area contributed by atoms with Gasteiger partial charge in [-0.1, -0.05) is 0 Å². The lowest BCUT2D eigenvalue weighted by atomic mass is 10.1. The van der Waals surface area contributed by atoms with E-state index in [-0.39, 0.29) is 43.4 Å². The van der Waals surface area contributed by atoms with Crippen molar-refractivity contribution in [2.24, 2.45) is 12.8 Å². The van der Waals surface area contributed by atoms with Gasteiger partial charge in [0.15, 0.2) is 17.7 Å². The number of carbonyl (C=O) groups excluding carboxylic acids is 2. The van der Waals surface area contributed by atoms with Gasteiger partial charge >= 0.3 is 17.6 Å². The van der Waals surface area contributed by atoms with Gasteiger partial charge in [-0.15, -0.1) is 0 Å². The van der Waals surface area contributed by atoms with E-state index in [2.05, 4.69) is 0 Å². The van der Waals surface area contributed by atoms with E-state index >= 15 is 0 Å². The SMILES string of the molecule is CCOCN1c2c(n(C)c(=O)n(CCCCC(C)OC(C)=O)c2=O)N(OC(C)=O)C1CN. The van der Waals surface area contributed by atoms with Crippen LogP contribution in [0.3, 0.4) is 0 Å². The molecule has 0 bridgehead atoms. The van der Waals surface area contributed by atoms with Crippen molar-refractivity contribution in [3.05, 3.63) is 20.8 Å². The molecule has 0 aromatic carbocycles. The highest BCUT2D eigenvalue weighted by Gasteiger charge is 2.42. The van der Waals surface area contributed by atoms with Gasteiger partial charge in [0.2, 0.25) is 0 Å². The average molecular weight is 456 g/mol. The monoisotopic (exact) mass is 455 g/mol. The number of hydroxylamine groups is 1. The summed E-state index contributed by atoms with van der Waals surface area (Å²) in [6, 6.07) is 0. The quantitative estimate of drug-likeness (QED) is 0.360. The summed E-state index contributed by atoms with van der Waals surface area (Å²) in [6.07, 6.45) is 0.884. The molecule has 0 fully saturated rings. The molecule has 1 aliphatic rings. The summed E-state index contributed by atoms with van der Waals surface area (Å²) in [5, 5.41) is 1.20. The van der Waals surface area contributed by atoms with E-state index in [1.54, 1.807) is 11.8 Å². The van der Waals surface area contributed by atoms with Crippen LogP contribution in [0.5, 0.6) is 0 Å². The molecule has 0 amide bonds. The fraction of sp³-hybridized carbons (Fsp3) is 0.700. The van der Waals surface area contributed by atoms with Gasteiger partial charge in [-0.25, -0.2) is 4.79 Å². The zero-order chi connectivity index (χ0) is 24.0. The molecule has 2 N–H and O–H groups in total. The van der Waals surface area contributed by atoms with Crippen LogP contribution >= 0.6 is 0 Å². The second kappa shape index (κ2) is 11.1. The minimum atomic E-state index is -0.695. The molecule has 0 aliphatic carbocycles. The lowest BCUT2D eigenvalue weighted by Gasteiger charge is -2.29. The Balaban J connectivity index is 2.38. The highest BCUT2D eigenvalue weighted by atomic mass is 16.7. The van der Waals surface area contributed by atoms with Crippen LogP contribution < -0.4 is 26.9 Å². The molecule has 2 rings (SSSR count). The Hall–Kier alpha value is -2.86. The Labute approximate surface area is 186 Å². The number of fused-ring (bicyclic) bond motifs is 1. The Kier molecular flexibility index (Phi) is 8.84. The third-order valence-corrected chi connectivity index (χ3v) is 5.10. The number of unbranched alkanes of at least 4 members (excludes halogenated alkanes) is 1. The molecule has 12 nitrogen and oxygen atoms in total. The van der Waals surface area contributed by atoms with Crippen molar-refractivity contribution >= 4 is 23.4 Å². The minimum Gasteiger partial charge on any atom is -0.463 e. The van der Waals surface area contributed by atoms with Crippen LogP contribution in [0.2, 0.25) is 0 Å². The molecule has 2 atom stereocenters. The molecule has 180 valence electrons. The van der Waals surface area contributed by atoms with Gasteiger partial charge in [0.05, 0.1) is 6.10 Å². The van der Waals surface area contributed by atoms with E-state index < -0.39 is 23.4 Å². The number of rotatable bonds is 11. The van der Waals surface area contributed by atoms with Crippen molar-refractivity contribution in [2.75, 3.05) is 29.8 Å². The third kappa shape index (κ3) is 5.49. The fourth-order valence-corrected chi connectivity index (χ4v) is 3.71. The summed E-state index contributed by atoms with van der Waals surface area (Å²) >= 11 is 0. The lowest BCUT2D eigenvalue weighted by Crippen LogP contribution is -2.50. The van der Waals surface area contributed by atoms with E-state index in [0.29, 0.717) is 25.9 Å². The summed E-state index contributed by atoms with van der Waals surface area (Å²) < 4.78 is 13.0. The zero-order valence-corrected chi connectivity index (χ0v) is 19.3. The summed E-state index contributed by atoms with van der Waals surface area (Å²) in [6.45, 7) is 6.85. The Morgan fingerprint density at radius 1 is 1.16 bits per heavy atom. The number of aromatic nitrogens is 2. The maximum Gasteiger partial charge on any atom is 0.332 e. The van der Waals surface area contributed by atoms with Crippen molar-refractivity contribution in [1.29, 1.82) is 0 Å². The largest absolute Gasteiger partial charge is 0.463 e. The molecule has 12 heteroatoms. The number of hydrogen-bond acceptors (Lipinski definition) is 10. The normalized spacial score (nSPS) is 16.1. The molecular weight excluding hydrogens is 422 g/mol. The van der Waals surface area contributed by atoms with Crippen LogP contribution in [0.15, 0.2) is 9.59 Å². The van der Waals surface area contributed by atoms with E-state index in [1.807, 2.05) is 6.92 Å². The Bertz CT molecular complexity index is 941. The number of anilines is 2. The first-order valence-corrected chi connectivity index (χ1v) is 10.7. The highest BCUT2D eigenvalue weighted by molar-refractivity contribution is 5.75. The molecule has 1 aromatic heterocycles. The summed E-state index contributed by atoms with van der Waals surface area (Å²) in [7, 11) is 1.51. The van der Waals surface area contributed by atoms with E-state index in [4.69, 9.17) is 20.0 Å². The third-order valence-electron chi connectivity index (χ3n) is 5.10. The standard InChI is InChI=1S/C20H33N5O7/c1-6-30-12-24-16(11-21)25(32-15(4)27)18-17(24)19(28)23(20(29)22(18)5)10-8-7-9-13(2)31-14(3)26/h13,16H,6-12,21H2,1-5H3. The zero-order valence-electron chi connectivity index (χ0n) is 19.3. The van der Waals surface area contributed by atoms with Gasteiger partial charge < -0.3 is 24.9 Å². The number of nitrogens with two attached hydrogens (primary N) is 1. The number of ether oxygens (including phenoxy) is 2. The topological polar surface area (TPSA) is 138 Å². The smallest absolute Gasteiger partial charge is 0.332 e. The molecule has 1 aromatic rings. The lowest BCUT2D eigenvalue weighted by molar-refractivity contribution is -0.146. The van der Waals surface area contributed by atoms with Crippen LogP contribution in [0.4, 0.5) is 11.5 Å². The molecule has 1 aliphatic heterocycles. The van der Waals surface area contributed by atoms with E-state index in [0.717, 1.165) is 4.57 Å². The van der Waals surface area contributed by atoms with Crippen molar-refractivity contribution < 1.29 is 23.9 Å². The first-order chi connectivity index (χ1) is 15.1. The molecule has 0 radical (unpaired) electrons. The van der Waals surface area contributed by atoms with Crippen molar-refractivity contribution in [3.8, 4) is 0 Å². The molecule has 2 unspecified atom stereocenters. The van der Waals surface area contributed by atoms with Crippen LogP contribution in [0.25, 0.3) is 0 Å². The van der Waals surface area contributed by atoms with Gasteiger partial charge in [-0.2, -0.15) is 5.06 Å². The minimum absolute atomic E-state index is 0.0245. The first-order valence-electron chi connectivity index (χ1n) is 10.7. The molecule has 32 heavy (non-hydrogen) atoms. The molecular formula is C20H33N5O7. The van der Waals surface area contributed by atoms with Crippen molar-refractivity contribution in [3.63, 3.8) is 0 Å². The fourth-order valence-electron chi connectivity index (χ4n) is 3.71. The molecule has 0 spiro atoms. The van der Waals surface area contributed by atoms with Crippen LogP contribution in [0, 0.1) is 0 Å². The van der Waals surface area contributed by atoms with Gasteiger partial charge in [0.25, 0.3) is 5.56 Å². The number of carbonyl (C=O) groups is 2. The maximum atomic E-state index is 13.3. The van der Waals surface area contributed by atoms with E-state index in [1.165, 1.54) is 30.5 Å². The van der Waals surface area contributed by atoms with Crippen LogP contribution in [-0.2, 0) is 37.5 Å². The van der Waals surface area contributed by atoms with Crippen LogP contribution in [-0.4, -0.2) is 53.2 Å². The van der Waals surface area contributed by atoms with Gasteiger partial charge in [0.1, 0.15) is 6.73 Å². The summed E-state index contributed by atoms with van der Waals surface area (Å²) in [5.74, 6) is -0.793. The second-order valence-electron chi connectivity index (χ2n) is 7.60. The van der Waals surface area contributed by atoms with Gasteiger partial charge in [-0.05, 0) is 33.1 Å².